The molecule has 10 heteroatoms. The number of esters is 2. The van der Waals surface area contributed by atoms with Crippen LogP contribution in [0.2, 0.25) is 0 Å². The van der Waals surface area contributed by atoms with Crippen LogP contribution in [0.4, 0.5) is 0 Å². The van der Waals surface area contributed by atoms with Crippen molar-refractivity contribution in [2.24, 2.45) is 17.8 Å². The Morgan fingerprint density at radius 2 is 1.38 bits per heavy atom. The molecule has 1 saturated heterocycles. The average Bonchev–Trinajstić information content (AvgIpc) is 2.68. The molecular formula is C22H30O9S. The van der Waals surface area contributed by atoms with Crippen molar-refractivity contribution in [3.8, 4) is 0 Å². The first-order chi connectivity index (χ1) is 15.0. The van der Waals surface area contributed by atoms with Crippen LogP contribution in [-0.2, 0) is 42.9 Å². The number of Topliss-reactive ketones (excluding diaryl/α,β-unsaturated/α-hetero) is 3. The minimum Gasteiger partial charge on any atom is -0.457 e. The summed E-state index contributed by atoms with van der Waals surface area (Å²) in [6, 6.07) is 0. The molecule has 2 aliphatic rings. The zero-order valence-corrected chi connectivity index (χ0v) is 19.9. The first-order valence-electron chi connectivity index (χ1n) is 10.3. The molecule has 1 aliphatic carbocycles. The molecule has 0 N–H and O–H groups in total. The van der Waals surface area contributed by atoms with Gasteiger partial charge in [0.15, 0.2) is 18.5 Å². The van der Waals surface area contributed by atoms with E-state index in [-0.39, 0.29) is 24.0 Å². The molecule has 9 nitrogen and oxygen atoms in total. The molecule has 0 bridgehead atoms. The molecule has 0 spiro atoms. The Morgan fingerprint density at radius 1 is 0.812 bits per heavy atom. The first kappa shape index (κ1) is 26.2. The number of ether oxygens (including phenoxy) is 4. The SMILES string of the molecule is CO[C@@H]1OC[C@@H](S[C@@H]2C=C[C@@H](C(C)=O)[C@H](C(C)=O)[C@H]2C(C)=O)[C@H](OC(C)=O)[C@H]1OC(C)=O. The van der Waals surface area contributed by atoms with Crippen molar-refractivity contribution < 1.29 is 42.9 Å². The van der Waals surface area contributed by atoms with Crippen LogP contribution in [0.3, 0.4) is 0 Å². The monoisotopic (exact) mass is 470 g/mol. The molecule has 32 heavy (non-hydrogen) atoms. The zero-order valence-electron chi connectivity index (χ0n) is 19.1. The number of rotatable bonds is 8. The molecule has 0 aromatic rings. The molecule has 0 unspecified atom stereocenters. The Hall–Kier alpha value is -2.04. The van der Waals surface area contributed by atoms with E-state index >= 15 is 0 Å². The van der Waals surface area contributed by atoms with E-state index in [1.165, 1.54) is 53.5 Å². The van der Waals surface area contributed by atoms with Crippen molar-refractivity contribution in [1.82, 2.24) is 0 Å². The minimum atomic E-state index is -1.01. The highest BCUT2D eigenvalue weighted by atomic mass is 32.2. The fraction of sp³-hybridized carbons (Fsp3) is 0.682. The highest BCUT2D eigenvalue weighted by Crippen LogP contribution is 2.42. The van der Waals surface area contributed by atoms with Crippen LogP contribution in [0, 0.1) is 17.8 Å². The fourth-order valence-corrected chi connectivity index (χ4v) is 5.96. The van der Waals surface area contributed by atoms with E-state index in [1.807, 2.05) is 0 Å². The van der Waals surface area contributed by atoms with Gasteiger partial charge in [-0.2, -0.15) is 0 Å². The normalized spacial score (nSPS) is 34.4. The second kappa shape index (κ2) is 11.2. The third-order valence-electron chi connectivity index (χ3n) is 5.60. The van der Waals surface area contributed by atoms with E-state index in [1.54, 1.807) is 12.2 Å². The summed E-state index contributed by atoms with van der Waals surface area (Å²) in [5.74, 6) is -4.00. The number of allylic oxidation sites excluding steroid dienone is 1. The number of ketones is 3. The third-order valence-corrected chi connectivity index (χ3v) is 7.11. The van der Waals surface area contributed by atoms with Gasteiger partial charge in [0.2, 0.25) is 0 Å². The topological polar surface area (TPSA) is 122 Å². The molecular weight excluding hydrogens is 440 g/mol. The number of carbonyl (C=O) groups is 5. The quantitative estimate of drug-likeness (QED) is 0.381. The van der Waals surface area contributed by atoms with Crippen LogP contribution >= 0.6 is 11.8 Å². The van der Waals surface area contributed by atoms with Gasteiger partial charge in [-0.1, -0.05) is 12.2 Å². The van der Waals surface area contributed by atoms with Crippen LogP contribution in [-0.4, -0.2) is 72.0 Å². The van der Waals surface area contributed by atoms with Crippen LogP contribution in [0.1, 0.15) is 34.6 Å². The lowest BCUT2D eigenvalue weighted by atomic mass is 9.70. The Labute approximate surface area is 191 Å². The zero-order chi connectivity index (χ0) is 24.2. The van der Waals surface area contributed by atoms with Gasteiger partial charge in [0.1, 0.15) is 17.3 Å². The Balaban J connectivity index is 2.39. The van der Waals surface area contributed by atoms with Gasteiger partial charge in [0.05, 0.1) is 11.9 Å². The fourth-order valence-electron chi connectivity index (χ4n) is 4.32. The predicted octanol–water partition coefficient (Wildman–Crippen LogP) is 1.51. The lowest BCUT2D eigenvalue weighted by molar-refractivity contribution is -0.245. The van der Waals surface area contributed by atoms with Crippen molar-refractivity contribution in [3.05, 3.63) is 12.2 Å². The Bertz CT molecular complexity index is 792. The number of hydrogen-bond acceptors (Lipinski definition) is 10. The second-order valence-electron chi connectivity index (χ2n) is 8.02. The maximum Gasteiger partial charge on any atom is 0.303 e. The number of hydrogen-bond donors (Lipinski definition) is 0. The standard InChI is InChI=1S/C22H30O9S/c1-10(23)15-7-8-16(19(12(3)25)18(15)11(2)24)32-17-9-29-22(28-6)21(31-14(5)27)20(17)30-13(4)26/h7-8,15-22H,9H2,1-6H3/t15-,16+,17+,18-,19-,20-,21+,22+/m0/s1. The molecule has 178 valence electrons. The first-order valence-corrected chi connectivity index (χ1v) is 11.3. The summed E-state index contributed by atoms with van der Waals surface area (Å²) in [7, 11) is 1.38. The molecule has 0 saturated carbocycles. The van der Waals surface area contributed by atoms with Gasteiger partial charge < -0.3 is 18.9 Å². The van der Waals surface area contributed by atoms with E-state index in [2.05, 4.69) is 0 Å². The number of methoxy groups -OCH3 is 1. The van der Waals surface area contributed by atoms with Crippen molar-refractivity contribution in [1.29, 1.82) is 0 Å². The summed E-state index contributed by atoms with van der Waals surface area (Å²) in [6.45, 7) is 6.73. The summed E-state index contributed by atoms with van der Waals surface area (Å²) in [6.07, 6.45) is 0.568. The number of thioether (sulfide) groups is 1. The van der Waals surface area contributed by atoms with Crippen molar-refractivity contribution in [2.45, 2.75) is 63.6 Å². The smallest absolute Gasteiger partial charge is 0.303 e. The second-order valence-corrected chi connectivity index (χ2v) is 9.44. The van der Waals surface area contributed by atoms with Gasteiger partial charge in [-0.25, -0.2) is 0 Å². The highest BCUT2D eigenvalue weighted by molar-refractivity contribution is 8.00. The van der Waals surface area contributed by atoms with Crippen molar-refractivity contribution >= 4 is 41.1 Å². The summed E-state index contributed by atoms with van der Waals surface area (Å²) < 4.78 is 21.8. The summed E-state index contributed by atoms with van der Waals surface area (Å²) >= 11 is 1.29. The van der Waals surface area contributed by atoms with Crippen LogP contribution < -0.4 is 0 Å². The van der Waals surface area contributed by atoms with Gasteiger partial charge in [0.25, 0.3) is 0 Å². The lowest BCUT2D eigenvalue weighted by Crippen LogP contribution is -2.56. The molecule has 0 aromatic carbocycles. The van der Waals surface area contributed by atoms with Gasteiger partial charge in [-0.05, 0) is 20.8 Å². The van der Waals surface area contributed by atoms with Crippen molar-refractivity contribution in [3.63, 3.8) is 0 Å². The highest BCUT2D eigenvalue weighted by Gasteiger charge is 2.49. The van der Waals surface area contributed by atoms with Crippen LogP contribution in [0.5, 0.6) is 0 Å². The molecule has 1 heterocycles. The lowest BCUT2D eigenvalue weighted by Gasteiger charge is -2.43. The Morgan fingerprint density at radius 3 is 1.84 bits per heavy atom. The largest absolute Gasteiger partial charge is 0.457 e. The molecule has 8 atom stereocenters. The Kier molecular flexibility index (Phi) is 9.18. The molecule has 1 aliphatic heterocycles. The predicted molar refractivity (Wildman–Crippen MR) is 115 cm³/mol. The number of carbonyl (C=O) groups excluding carboxylic acids is 5. The van der Waals surface area contributed by atoms with E-state index in [9.17, 15) is 24.0 Å². The van der Waals surface area contributed by atoms with Crippen LogP contribution in [0.15, 0.2) is 12.2 Å². The minimum absolute atomic E-state index is 0.0920. The van der Waals surface area contributed by atoms with Gasteiger partial charge in [-0.15, -0.1) is 11.8 Å². The molecule has 0 radical (unpaired) electrons. The van der Waals surface area contributed by atoms with Gasteiger partial charge in [0, 0.05) is 44.0 Å². The van der Waals surface area contributed by atoms with Crippen molar-refractivity contribution in [2.75, 3.05) is 13.7 Å². The summed E-state index contributed by atoms with van der Waals surface area (Å²) in [5, 5.41) is -0.992. The van der Waals surface area contributed by atoms with E-state index in [0.29, 0.717) is 0 Å². The third kappa shape index (κ3) is 6.05. The maximum absolute atomic E-state index is 12.6. The summed E-state index contributed by atoms with van der Waals surface area (Å²) in [5.41, 5.74) is 0. The van der Waals surface area contributed by atoms with E-state index in [4.69, 9.17) is 18.9 Å². The van der Waals surface area contributed by atoms with E-state index < -0.39 is 58.7 Å². The molecule has 1 fully saturated rings. The van der Waals surface area contributed by atoms with Gasteiger partial charge >= 0.3 is 11.9 Å². The van der Waals surface area contributed by atoms with E-state index in [0.717, 1.165) is 0 Å². The molecule has 0 amide bonds. The molecule has 0 aromatic heterocycles. The molecule has 2 rings (SSSR count). The summed E-state index contributed by atoms with van der Waals surface area (Å²) in [4.78, 5) is 60.6. The average molecular weight is 471 g/mol. The maximum atomic E-state index is 12.6. The van der Waals surface area contributed by atoms with Gasteiger partial charge in [-0.3, -0.25) is 24.0 Å². The van der Waals surface area contributed by atoms with Crippen LogP contribution in [0.25, 0.3) is 0 Å².